The zero-order valence-corrected chi connectivity index (χ0v) is 15.5. The summed E-state index contributed by atoms with van der Waals surface area (Å²) in [6, 6.07) is 10.9. The van der Waals surface area contributed by atoms with E-state index in [9.17, 15) is 9.59 Å². The summed E-state index contributed by atoms with van der Waals surface area (Å²) in [7, 11) is 3.12. The molecule has 3 rings (SSSR count). The van der Waals surface area contributed by atoms with Gasteiger partial charge in [-0.15, -0.1) is 0 Å². The molecule has 0 saturated heterocycles. The van der Waals surface area contributed by atoms with Crippen LogP contribution in [0.15, 0.2) is 36.4 Å². The van der Waals surface area contributed by atoms with E-state index in [1.807, 2.05) is 25.1 Å². The summed E-state index contributed by atoms with van der Waals surface area (Å²) >= 11 is 0. The minimum Gasteiger partial charge on any atom is -0.493 e. The lowest BCUT2D eigenvalue weighted by Gasteiger charge is -2.25. The molecule has 0 aliphatic carbocycles. The standard InChI is InChI=1S/C20H22N2O5/c1-12-4-6-15-14(8-12)22-20(24)18(27-15)10-19(23)21-11-13-5-7-16(25-2)17(9-13)26-3/h4-9,18H,10-11H2,1-3H3,(H,21,23)(H,22,24). The highest BCUT2D eigenvalue weighted by atomic mass is 16.5. The monoisotopic (exact) mass is 370 g/mol. The number of fused-ring (bicyclic) bond motifs is 1. The normalized spacial score (nSPS) is 15.2. The highest BCUT2D eigenvalue weighted by Crippen LogP contribution is 2.31. The van der Waals surface area contributed by atoms with Crippen molar-refractivity contribution in [3.8, 4) is 17.2 Å². The smallest absolute Gasteiger partial charge is 0.266 e. The van der Waals surface area contributed by atoms with Gasteiger partial charge < -0.3 is 24.8 Å². The number of hydrogen-bond donors (Lipinski definition) is 2. The zero-order valence-electron chi connectivity index (χ0n) is 15.5. The van der Waals surface area contributed by atoms with E-state index in [2.05, 4.69) is 10.6 Å². The molecule has 2 aromatic carbocycles. The molecule has 0 radical (unpaired) electrons. The van der Waals surface area contributed by atoms with Gasteiger partial charge in [0.2, 0.25) is 5.91 Å². The van der Waals surface area contributed by atoms with Crippen LogP contribution in [0.4, 0.5) is 5.69 Å². The lowest BCUT2D eigenvalue weighted by atomic mass is 10.1. The molecule has 142 valence electrons. The molecule has 7 nitrogen and oxygen atoms in total. The molecule has 1 aliphatic rings. The molecule has 2 aromatic rings. The number of carbonyl (C=O) groups is 2. The van der Waals surface area contributed by atoms with Gasteiger partial charge in [0.15, 0.2) is 17.6 Å². The van der Waals surface area contributed by atoms with Crippen LogP contribution in [0.5, 0.6) is 17.2 Å². The van der Waals surface area contributed by atoms with E-state index >= 15 is 0 Å². The summed E-state index contributed by atoms with van der Waals surface area (Å²) in [4.78, 5) is 24.4. The number of carbonyl (C=O) groups excluding carboxylic acids is 2. The predicted molar refractivity (Wildman–Crippen MR) is 100 cm³/mol. The van der Waals surface area contributed by atoms with Crippen molar-refractivity contribution in [1.29, 1.82) is 0 Å². The van der Waals surface area contributed by atoms with Crippen LogP contribution < -0.4 is 24.8 Å². The highest BCUT2D eigenvalue weighted by Gasteiger charge is 2.29. The summed E-state index contributed by atoms with van der Waals surface area (Å²) in [6.45, 7) is 2.24. The van der Waals surface area contributed by atoms with E-state index in [4.69, 9.17) is 14.2 Å². The number of aryl methyl sites for hydroxylation is 1. The summed E-state index contributed by atoms with van der Waals surface area (Å²) in [6.07, 6.45) is -0.919. The first-order valence-electron chi connectivity index (χ1n) is 8.56. The lowest BCUT2D eigenvalue weighted by Crippen LogP contribution is -2.40. The molecule has 7 heteroatoms. The van der Waals surface area contributed by atoms with Crippen molar-refractivity contribution in [2.45, 2.75) is 26.0 Å². The van der Waals surface area contributed by atoms with Gasteiger partial charge in [0.25, 0.3) is 5.91 Å². The maximum absolute atomic E-state index is 12.2. The molecule has 27 heavy (non-hydrogen) atoms. The third-order valence-electron chi connectivity index (χ3n) is 4.26. The van der Waals surface area contributed by atoms with E-state index in [-0.39, 0.29) is 18.2 Å². The average molecular weight is 370 g/mol. The predicted octanol–water partition coefficient (Wildman–Crippen LogP) is 2.42. The van der Waals surface area contributed by atoms with Crippen LogP contribution in [-0.2, 0) is 16.1 Å². The third kappa shape index (κ3) is 4.31. The van der Waals surface area contributed by atoms with Gasteiger partial charge in [-0.25, -0.2) is 0 Å². The van der Waals surface area contributed by atoms with Crippen molar-refractivity contribution >= 4 is 17.5 Å². The van der Waals surface area contributed by atoms with E-state index in [1.54, 1.807) is 32.4 Å². The fraction of sp³-hybridized carbons (Fsp3) is 0.300. The molecule has 1 heterocycles. The Bertz CT molecular complexity index is 865. The number of anilines is 1. The summed E-state index contributed by atoms with van der Waals surface area (Å²) in [5.41, 5.74) is 2.50. The van der Waals surface area contributed by atoms with Crippen molar-refractivity contribution < 1.29 is 23.8 Å². The van der Waals surface area contributed by atoms with Crippen LogP contribution in [0, 0.1) is 6.92 Å². The number of ether oxygens (including phenoxy) is 3. The van der Waals surface area contributed by atoms with Gasteiger partial charge in [0.1, 0.15) is 5.75 Å². The van der Waals surface area contributed by atoms with Crippen LogP contribution in [0.1, 0.15) is 17.5 Å². The minimum absolute atomic E-state index is 0.0631. The number of hydrogen-bond acceptors (Lipinski definition) is 5. The van der Waals surface area contributed by atoms with Gasteiger partial charge in [0.05, 0.1) is 26.3 Å². The topological polar surface area (TPSA) is 85.9 Å². The largest absolute Gasteiger partial charge is 0.493 e. The Labute approximate surface area is 157 Å². The number of benzene rings is 2. The van der Waals surface area contributed by atoms with Crippen molar-refractivity contribution in [1.82, 2.24) is 5.32 Å². The second-order valence-electron chi connectivity index (χ2n) is 6.27. The summed E-state index contributed by atoms with van der Waals surface area (Å²) in [5.74, 6) is 1.17. The molecular weight excluding hydrogens is 348 g/mol. The van der Waals surface area contributed by atoms with Gasteiger partial charge in [0, 0.05) is 6.54 Å². The Balaban J connectivity index is 1.58. The molecule has 2 amide bonds. The van der Waals surface area contributed by atoms with E-state index < -0.39 is 6.10 Å². The maximum Gasteiger partial charge on any atom is 0.266 e. The van der Waals surface area contributed by atoms with Crippen LogP contribution in [0.25, 0.3) is 0 Å². The Kier molecular flexibility index (Phi) is 5.49. The van der Waals surface area contributed by atoms with Crippen LogP contribution in [-0.4, -0.2) is 32.1 Å². The van der Waals surface area contributed by atoms with Crippen LogP contribution in [0.2, 0.25) is 0 Å². The molecule has 0 spiro atoms. The minimum atomic E-state index is -0.856. The van der Waals surface area contributed by atoms with E-state index in [0.29, 0.717) is 29.5 Å². The summed E-state index contributed by atoms with van der Waals surface area (Å²) in [5, 5.41) is 5.58. The second-order valence-corrected chi connectivity index (χ2v) is 6.27. The van der Waals surface area contributed by atoms with E-state index in [1.165, 1.54) is 0 Å². The van der Waals surface area contributed by atoms with Crippen LogP contribution in [0.3, 0.4) is 0 Å². The maximum atomic E-state index is 12.2. The molecule has 1 unspecified atom stereocenters. The van der Waals surface area contributed by atoms with Gasteiger partial charge in [-0.2, -0.15) is 0 Å². The first kappa shape index (κ1) is 18.6. The first-order valence-corrected chi connectivity index (χ1v) is 8.56. The second kappa shape index (κ2) is 7.99. The quantitative estimate of drug-likeness (QED) is 0.816. The van der Waals surface area contributed by atoms with E-state index in [0.717, 1.165) is 11.1 Å². The first-order chi connectivity index (χ1) is 13.0. The Hall–Kier alpha value is -3.22. The SMILES string of the molecule is COc1ccc(CNC(=O)CC2Oc3ccc(C)cc3NC2=O)cc1OC. The number of rotatable bonds is 6. The fourth-order valence-electron chi connectivity index (χ4n) is 2.83. The van der Waals surface area contributed by atoms with Gasteiger partial charge in [-0.1, -0.05) is 12.1 Å². The Morgan fingerprint density at radius 3 is 2.67 bits per heavy atom. The molecular formula is C20H22N2O5. The molecule has 1 aliphatic heterocycles. The molecule has 0 saturated carbocycles. The summed E-state index contributed by atoms with van der Waals surface area (Å²) < 4.78 is 16.1. The average Bonchev–Trinajstić information content (AvgIpc) is 2.66. The molecule has 0 fully saturated rings. The van der Waals surface area contributed by atoms with Gasteiger partial charge in [-0.05, 0) is 42.3 Å². The van der Waals surface area contributed by atoms with Crippen molar-refractivity contribution in [2.24, 2.45) is 0 Å². The van der Waals surface area contributed by atoms with Crippen molar-refractivity contribution in [2.75, 3.05) is 19.5 Å². The van der Waals surface area contributed by atoms with Crippen LogP contribution >= 0.6 is 0 Å². The van der Waals surface area contributed by atoms with Crippen molar-refractivity contribution in [3.05, 3.63) is 47.5 Å². The highest BCUT2D eigenvalue weighted by molar-refractivity contribution is 6.00. The molecule has 0 aromatic heterocycles. The van der Waals surface area contributed by atoms with Gasteiger partial charge >= 0.3 is 0 Å². The molecule has 1 atom stereocenters. The number of amides is 2. The lowest BCUT2D eigenvalue weighted by molar-refractivity contribution is -0.130. The van der Waals surface area contributed by atoms with Crippen molar-refractivity contribution in [3.63, 3.8) is 0 Å². The molecule has 2 N–H and O–H groups in total. The Morgan fingerprint density at radius 1 is 1.15 bits per heavy atom. The van der Waals surface area contributed by atoms with Gasteiger partial charge in [-0.3, -0.25) is 9.59 Å². The third-order valence-corrected chi connectivity index (χ3v) is 4.26. The number of nitrogens with one attached hydrogen (secondary N) is 2. The number of methoxy groups -OCH3 is 2. The fourth-order valence-corrected chi connectivity index (χ4v) is 2.83. The Morgan fingerprint density at radius 2 is 1.93 bits per heavy atom. The molecule has 0 bridgehead atoms. The zero-order chi connectivity index (χ0) is 19.4.